The maximum Gasteiger partial charge on any atom is 0.326 e. The molecule has 1 unspecified atom stereocenters. The Bertz CT molecular complexity index is 933. The van der Waals surface area contributed by atoms with Crippen molar-refractivity contribution in [2.45, 2.75) is 64.3 Å². The molecule has 8 nitrogen and oxygen atoms in total. The summed E-state index contributed by atoms with van der Waals surface area (Å²) >= 11 is 6.00. The van der Waals surface area contributed by atoms with Gasteiger partial charge in [-0.3, -0.25) is 9.78 Å². The number of fused-ring (bicyclic) bond motifs is 1. The molecule has 32 heavy (non-hydrogen) atoms. The van der Waals surface area contributed by atoms with E-state index in [0.29, 0.717) is 12.3 Å². The molecule has 2 N–H and O–H groups in total. The molecule has 1 aliphatic carbocycles. The Labute approximate surface area is 192 Å². The van der Waals surface area contributed by atoms with Crippen molar-refractivity contribution in [1.82, 2.24) is 20.5 Å². The second-order valence-electron chi connectivity index (χ2n) is 7.99. The number of aryl methyl sites for hydroxylation is 4. The van der Waals surface area contributed by atoms with E-state index in [4.69, 9.17) is 21.3 Å². The normalized spacial score (nSPS) is 13.9. The molecule has 0 radical (unpaired) electrons. The van der Waals surface area contributed by atoms with Crippen LogP contribution in [0.1, 0.15) is 65.1 Å². The van der Waals surface area contributed by atoms with Gasteiger partial charge in [-0.2, -0.15) is 10.2 Å². The molecule has 3 rings (SSSR count). The summed E-state index contributed by atoms with van der Waals surface area (Å²) in [6, 6.07) is 3.26. The molecule has 2 aromatic rings. The molecule has 0 aliphatic heterocycles. The highest BCUT2D eigenvalue weighted by Crippen LogP contribution is 2.20. The Balaban J connectivity index is 1.36. The molecule has 1 atom stereocenters. The third kappa shape index (κ3) is 6.71. The highest BCUT2D eigenvalue weighted by Gasteiger charge is 2.23. The first-order valence-electron chi connectivity index (χ1n) is 11.0. The van der Waals surface area contributed by atoms with E-state index in [2.05, 4.69) is 27.6 Å². The van der Waals surface area contributed by atoms with Crippen molar-refractivity contribution < 1.29 is 19.4 Å². The number of ether oxygens (including phenoxy) is 1. The number of aromatic nitrogens is 3. The molecule has 2 aromatic heterocycles. The highest BCUT2D eigenvalue weighted by atomic mass is 35.5. The summed E-state index contributed by atoms with van der Waals surface area (Å²) in [5.74, 6) is -1.72. The van der Waals surface area contributed by atoms with E-state index in [1.165, 1.54) is 30.3 Å². The molecular formula is C23H29ClN4O4. The van der Waals surface area contributed by atoms with Crippen molar-refractivity contribution in [1.29, 1.82) is 0 Å². The number of nitrogens with zero attached hydrogens (tertiary/aromatic N) is 3. The van der Waals surface area contributed by atoms with Gasteiger partial charge in [0, 0.05) is 31.0 Å². The fourth-order valence-electron chi connectivity index (χ4n) is 3.79. The first kappa shape index (κ1) is 24.1. The number of pyridine rings is 1. The number of carbonyl (C=O) groups excluding carboxylic acids is 1. The molecular weight excluding hydrogens is 432 g/mol. The second kappa shape index (κ2) is 11.9. The molecule has 0 aromatic carbocycles. The number of halogens is 1. The lowest BCUT2D eigenvalue weighted by Gasteiger charge is -2.16. The first-order valence-corrected chi connectivity index (χ1v) is 11.4. The average molecular weight is 461 g/mol. The monoisotopic (exact) mass is 460 g/mol. The predicted octanol–water partition coefficient (Wildman–Crippen LogP) is 3.32. The van der Waals surface area contributed by atoms with Gasteiger partial charge in [0.25, 0.3) is 5.91 Å². The SMILES string of the molecule is Cc1nncc(Cl)c1C(=O)NC(CCOCCCCc1ccc2c(n1)CCCC2)C(=O)O. The Morgan fingerprint density at radius 3 is 2.81 bits per heavy atom. The zero-order valence-corrected chi connectivity index (χ0v) is 19.0. The fourth-order valence-corrected chi connectivity index (χ4v) is 4.06. The van der Waals surface area contributed by atoms with Crippen LogP contribution in [0.2, 0.25) is 5.02 Å². The van der Waals surface area contributed by atoms with Crippen molar-refractivity contribution in [3.05, 3.63) is 51.6 Å². The van der Waals surface area contributed by atoms with Gasteiger partial charge in [-0.15, -0.1) is 0 Å². The standard InChI is InChI=1S/C23H29ClN4O4/c1-15-21(18(24)14-25-28-15)22(29)27-20(23(30)31)11-13-32-12-5-4-7-17-10-9-16-6-2-3-8-19(16)26-17/h9-10,14,20H,2-8,11-13H2,1H3,(H,27,29)(H,30,31). The number of amides is 1. The summed E-state index contributed by atoms with van der Waals surface area (Å²) < 4.78 is 5.59. The van der Waals surface area contributed by atoms with Crippen molar-refractivity contribution in [2.75, 3.05) is 13.2 Å². The molecule has 172 valence electrons. The Kier molecular flexibility index (Phi) is 8.93. The summed E-state index contributed by atoms with van der Waals surface area (Å²) in [7, 11) is 0. The molecule has 1 amide bonds. The largest absolute Gasteiger partial charge is 0.480 e. The first-order chi connectivity index (χ1) is 15.5. The van der Waals surface area contributed by atoms with Gasteiger partial charge in [-0.25, -0.2) is 4.79 Å². The quantitative estimate of drug-likeness (QED) is 0.494. The smallest absolute Gasteiger partial charge is 0.326 e. The van der Waals surface area contributed by atoms with Crippen LogP contribution >= 0.6 is 11.6 Å². The van der Waals surface area contributed by atoms with Gasteiger partial charge in [0.1, 0.15) is 6.04 Å². The number of nitrogens with one attached hydrogen (secondary N) is 1. The number of aliphatic carboxylic acids is 1. The van der Waals surface area contributed by atoms with Crippen LogP contribution < -0.4 is 5.32 Å². The van der Waals surface area contributed by atoms with E-state index in [1.807, 2.05) is 0 Å². The number of carboxylic acids is 1. The highest BCUT2D eigenvalue weighted by molar-refractivity contribution is 6.33. The van der Waals surface area contributed by atoms with Gasteiger partial charge < -0.3 is 15.2 Å². The van der Waals surface area contributed by atoms with Crippen LogP contribution in [0, 0.1) is 6.92 Å². The van der Waals surface area contributed by atoms with Crippen molar-refractivity contribution in [3.63, 3.8) is 0 Å². The third-order valence-corrected chi connectivity index (χ3v) is 5.85. The van der Waals surface area contributed by atoms with Crippen molar-refractivity contribution in [2.24, 2.45) is 0 Å². The zero-order chi connectivity index (χ0) is 22.9. The summed E-state index contributed by atoms with van der Waals surface area (Å²) in [5, 5.41) is 19.5. The topological polar surface area (TPSA) is 114 Å². The number of carbonyl (C=O) groups is 2. The van der Waals surface area contributed by atoms with Crippen LogP contribution in [0.5, 0.6) is 0 Å². The summed E-state index contributed by atoms with van der Waals surface area (Å²) in [5.41, 5.74) is 4.24. The van der Waals surface area contributed by atoms with Crippen LogP contribution in [0.15, 0.2) is 18.3 Å². The van der Waals surface area contributed by atoms with Crippen LogP contribution in [0.4, 0.5) is 0 Å². The van der Waals surface area contributed by atoms with Gasteiger partial charge in [-0.05, 0) is 63.5 Å². The Morgan fingerprint density at radius 2 is 2.03 bits per heavy atom. The van der Waals surface area contributed by atoms with E-state index < -0.39 is 17.9 Å². The van der Waals surface area contributed by atoms with Crippen LogP contribution in [-0.2, 0) is 28.8 Å². The van der Waals surface area contributed by atoms with E-state index in [1.54, 1.807) is 6.92 Å². The maximum absolute atomic E-state index is 12.4. The number of hydrogen-bond acceptors (Lipinski definition) is 6. The Hall–Kier alpha value is -2.58. The summed E-state index contributed by atoms with van der Waals surface area (Å²) in [6.45, 7) is 2.35. The van der Waals surface area contributed by atoms with Gasteiger partial charge in [0.15, 0.2) is 0 Å². The van der Waals surface area contributed by atoms with E-state index in [9.17, 15) is 14.7 Å². The minimum absolute atomic E-state index is 0.129. The molecule has 2 heterocycles. The van der Waals surface area contributed by atoms with Crippen LogP contribution in [-0.4, -0.2) is 51.4 Å². The number of rotatable bonds is 11. The molecule has 0 saturated carbocycles. The number of carboxylic acid groups (broad SMARTS) is 1. The van der Waals surface area contributed by atoms with Crippen LogP contribution in [0.25, 0.3) is 0 Å². The lowest BCUT2D eigenvalue weighted by atomic mass is 9.95. The number of hydrogen-bond donors (Lipinski definition) is 2. The lowest BCUT2D eigenvalue weighted by molar-refractivity contribution is -0.139. The summed E-state index contributed by atoms with van der Waals surface area (Å²) in [4.78, 5) is 28.7. The van der Waals surface area contributed by atoms with Gasteiger partial charge in [-0.1, -0.05) is 17.7 Å². The van der Waals surface area contributed by atoms with E-state index >= 15 is 0 Å². The fraction of sp³-hybridized carbons (Fsp3) is 0.522. The number of unbranched alkanes of at least 4 members (excludes halogenated alkanes) is 1. The minimum atomic E-state index is -1.13. The molecule has 0 fully saturated rings. The van der Waals surface area contributed by atoms with E-state index in [0.717, 1.165) is 37.8 Å². The molecule has 0 bridgehead atoms. The van der Waals surface area contributed by atoms with Gasteiger partial charge in [0.05, 0.1) is 22.5 Å². The van der Waals surface area contributed by atoms with Gasteiger partial charge in [0.2, 0.25) is 0 Å². The second-order valence-corrected chi connectivity index (χ2v) is 8.40. The van der Waals surface area contributed by atoms with Crippen LogP contribution in [0.3, 0.4) is 0 Å². The average Bonchev–Trinajstić information content (AvgIpc) is 2.77. The molecule has 0 spiro atoms. The third-order valence-electron chi connectivity index (χ3n) is 5.57. The zero-order valence-electron chi connectivity index (χ0n) is 18.3. The predicted molar refractivity (Wildman–Crippen MR) is 120 cm³/mol. The van der Waals surface area contributed by atoms with E-state index in [-0.39, 0.29) is 23.6 Å². The van der Waals surface area contributed by atoms with Crippen molar-refractivity contribution in [3.8, 4) is 0 Å². The summed E-state index contributed by atoms with van der Waals surface area (Å²) in [6.07, 6.45) is 8.83. The van der Waals surface area contributed by atoms with Gasteiger partial charge >= 0.3 is 5.97 Å². The minimum Gasteiger partial charge on any atom is -0.480 e. The maximum atomic E-state index is 12.4. The van der Waals surface area contributed by atoms with Crippen molar-refractivity contribution >= 4 is 23.5 Å². The molecule has 1 aliphatic rings. The Morgan fingerprint density at radius 1 is 1.22 bits per heavy atom. The lowest BCUT2D eigenvalue weighted by Crippen LogP contribution is -2.42. The molecule has 9 heteroatoms. The molecule has 0 saturated heterocycles.